The average Bonchev–Trinajstić information content (AvgIpc) is 2.33. The van der Waals surface area contributed by atoms with Crippen molar-refractivity contribution >= 4 is 18.1 Å². The van der Waals surface area contributed by atoms with E-state index in [1.54, 1.807) is 32.9 Å². The highest BCUT2D eigenvalue weighted by atomic mass is 19.1. The average molecular weight is 309 g/mol. The highest BCUT2D eigenvalue weighted by Gasteiger charge is 2.15. The van der Waals surface area contributed by atoms with E-state index in [1.807, 2.05) is 0 Å². The van der Waals surface area contributed by atoms with Gasteiger partial charge < -0.3 is 15.2 Å². The number of carboxylic acid groups (broad SMARTS) is 1. The molecule has 0 aliphatic rings. The highest BCUT2D eigenvalue weighted by molar-refractivity contribution is 5.70. The molecular formula is C16H20FNO4. The number of alkyl carbamates (subject to hydrolysis) is 1. The highest BCUT2D eigenvalue weighted by Crippen LogP contribution is 2.12. The van der Waals surface area contributed by atoms with Crippen LogP contribution in [-0.4, -0.2) is 29.3 Å². The quantitative estimate of drug-likeness (QED) is 0.876. The number of carboxylic acids is 1. The predicted octanol–water partition coefficient (Wildman–Crippen LogP) is 2.99. The molecule has 1 rings (SSSR count). The minimum Gasteiger partial charge on any atom is -0.481 e. The lowest BCUT2D eigenvalue weighted by Gasteiger charge is -2.19. The van der Waals surface area contributed by atoms with Crippen LogP contribution in [-0.2, 0) is 16.0 Å². The van der Waals surface area contributed by atoms with E-state index < -0.39 is 23.5 Å². The van der Waals surface area contributed by atoms with Gasteiger partial charge in [0.1, 0.15) is 11.4 Å². The van der Waals surface area contributed by atoms with Gasteiger partial charge in [0.2, 0.25) is 0 Å². The fourth-order valence-electron chi connectivity index (χ4n) is 1.63. The summed E-state index contributed by atoms with van der Waals surface area (Å²) in [5.41, 5.74) is 0.147. The smallest absolute Gasteiger partial charge is 0.407 e. The number of ether oxygens (including phenoxy) is 1. The number of rotatable bonds is 5. The van der Waals surface area contributed by atoms with Gasteiger partial charge in [-0.1, -0.05) is 24.3 Å². The molecule has 0 saturated heterocycles. The van der Waals surface area contributed by atoms with Gasteiger partial charge in [-0.15, -0.1) is 0 Å². The number of hydrogen-bond donors (Lipinski definition) is 2. The van der Waals surface area contributed by atoms with E-state index in [0.717, 1.165) is 0 Å². The predicted molar refractivity (Wildman–Crippen MR) is 81.0 cm³/mol. The molecule has 0 atom stereocenters. The maximum atomic E-state index is 13.8. The first-order valence-electron chi connectivity index (χ1n) is 6.81. The molecule has 1 aromatic carbocycles. The standard InChI is InChI=1S/C16H20FNO4/c1-16(2,3)22-15(21)18-8-4-5-12-7-6-11(9-13(12)17)10-14(19)20/h4-7,9H,8,10H2,1-3H3,(H,18,21)(H,19,20). The number of aliphatic carboxylic acids is 1. The molecule has 0 aromatic heterocycles. The molecule has 5 nitrogen and oxygen atoms in total. The maximum absolute atomic E-state index is 13.8. The Kier molecular flexibility index (Phi) is 6.10. The van der Waals surface area contributed by atoms with E-state index in [2.05, 4.69) is 5.32 Å². The van der Waals surface area contributed by atoms with Crippen LogP contribution in [0.5, 0.6) is 0 Å². The van der Waals surface area contributed by atoms with Crippen molar-refractivity contribution in [1.29, 1.82) is 0 Å². The lowest BCUT2D eigenvalue weighted by Crippen LogP contribution is -2.32. The van der Waals surface area contributed by atoms with Gasteiger partial charge in [-0.05, 0) is 32.4 Å². The number of hydrogen-bond acceptors (Lipinski definition) is 3. The van der Waals surface area contributed by atoms with Gasteiger partial charge in [0, 0.05) is 12.1 Å². The van der Waals surface area contributed by atoms with Crippen LogP contribution < -0.4 is 5.32 Å². The first-order chi connectivity index (χ1) is 10.2. The Morgan fingerprint density at radius 2 is 2.05 bits per heavy atom. The lowest BCUT2D eigenvalue weighted by atomic mass is 10.1. The van der Waals surface area contributed by atoms with Crippen LogP contribution in [0.2, 0.25) is 0 Å². The zero-order chi connectivity index (χ0) is 16.8. The molecule has 22 heavy (non-hydrogen) atoms. The van der Waals surface area contributed by atoms with E-state index in [4.69, 9.17) is 9.84 Å². The van der Waals surface area contributed by atoms with E-state index in [1.165, 1.54) is 18.2 Å². The van der Waals surface area contributed by atoms with Crippen LogP contribution in [0.15, 0.2) is 24.3 Å². The molecule has 0 spiro atoms. The van der Waals surface area contributed by atoms with Gasteiger partial charge >= 0.3 is 12.1 Å². The van der Waals surface area contributed by atoms with Gasteiger partial charge in [-0.3, -0.25) is 4.79 Å². The van der Waals surface area contributed by atoms with Crippen molar-refractivity contribution in [2.75, 3.05) is 6.54 Å². The SMILES string of the molecule is CC(C)(C)OC(=O)NCC=Cc1ccc(CC(=O)O)cc1F. The van der Waals surface area contributed by atoms with Gasteiger partial charge in [-0.2, -0.15) is 0 Å². The molecule has 0 aliphatic heterocycles. The van der Waals surface area contributed by atoms with E-state index >= 15 is 0 Å². The first-order valence-corrected chi connectivity index (χ1v) is 6.81. The van der Waals surface area contributed by atoms with Crippen LogP contribution in [0.3, 0.4) is 0 Å². The third-order valence-electron chi connectivity index (χ3n) is 2.48. The molecule has 0 bridgehead atoms. The summed E-state index contributed by atoms with van der Waals surface area (Å²) in [4.78, 5) is 21.9. The van der Waals surface area contributed by atoms with E-state index in [0.29, 0.717) is 11.1 Å². The lowest BCUT2D eigenvalue weighted by molar-refractivity contribution is -0.136. The molecule has 0 radical (unpaired) electrons. The summed E-state index contributed by atoms with van der Waals surface area (Å²) < 4.78 is 18.8. The fraction of sp³-hybridized carbons (Fsp3) is 0.375. The summed E-state index contributed by atoms with van der Waals surface area (Å²) in [6.07, 6.45) is 2.33. The molecule has 0 fully saturated rings. The minimum absolute atomic E-state index is 0.200. The van der Waals surface area contributed by atoms with Crippen molar-refractivity contribution in [3.05, 3.63) is 41.2 Å². The maximum Gasteiger partial charge on any atom is 0.407 e. The molecular weight excluding hydrogens is 289 g/mol. The Labute approximate surface area is 128 Å². The molecule has 2 N–H and O–H groups in total. The van der Waals surface area contributed by atoms with Crippen LogP contribution in [0.1, 0.15) is 31.9 Å². The van der Waals surface area contributed by atoms with Gasteiger partial charge in [0.15, 0.2) is 0 Å². The zero-order valence-corrected chi connectivity index (χ0v) is 12.9. The van der Waals surface area contributed by atoms with Crippen molar-refractivity contribution in [3.8, 4) is 0 Å². The molecule has 0 aliphatic carbocycles. The van der Waals surface area contributed by atoms with E-state index in [-0.39, 0.29) is 13.0 Å². The number of nitrogens with one attached hydrogen (secondary N) is 1. The zero-order valence-electron chi connectivity index (χ0n) is 12.9. The molecule has 120 valence electrons. The minimum atomic E-state index is -1.01. The van der Waals surface area contributed by atoms with Crippen molar-refractivity contribution in [2.45, 2.75) is 32.8 Å². The number of carbonyl (C=O) groups is 2. The summed E-state index contributed by atoms with van der Waals surface area (Å²) in [5, 5.41) is 11.2. The topological polar surface area (TPSA) is 75.6 Å². The molecule has 1 amide bonds. The summed E-state index contributed by atoms with van der Waals surface area (Å²) in [6, 6.07) is 4.24. The monoisotopic (exact) mass is 309 g/mol. The Morgan fingerprint density at radius 1 is 1.36 bits per heavy atom. The van der Waals surface area contributed by atoms with Crippen molar-refractivity contribution in [2.24, 2.45) is 0 Å². The van der Waals surface area contributed by atoms with Crippen LogP contribution in [0.25, 0.3) is 6.08 Å². The van der Waals surface area contributed by atoms with Crippen LogP contribution in [0.4, 0.5) is 9.18 Å². The summed E-state index contributed by atoms with van der Waals surface area (Å²) in [5.74, 6) is -1.52. The van der Waals surface area contributed by atoms with Crippen molar-refractivity contribution in [3.63, 3.8) is 0 Å². The Bertz CT molecular complexity index is 576. The summed E-state index contributed by atoms with van der Waals surface area (Å²) in [6.45, 7) is 5.48. The molecule has 0 unspecified atom stereocenters. The fourth-order valence-corrected chi connectivity index (χ4v) is 1.63. The molecule has 1 aromatic rings. The van der Waals surface area contributed by atoms with Gasteiger partial charge in [0.25, 0.3) is 0 Å². The Hall–Kier alpha value is -2.37. The second-order valence-electron chi connectivity index (χ2n) is 5.71. The summed E-state index contributed by atoms with van der Waals surface area (Å²) >= 11 is 0. The Balaban J connectivity index is 2.53. The van der Waals surface area contributed by atoms with E-state index in [9.17, 15) is 14.0 Å². The number of halogens is 1. The van der Waals surface area contributed by atoms with Crippen LogP contribution >= 0.6 is 0 Å². The third kappa shape index (κ3) is 6.88. The number of carbonyl (C=O) groups excluding carboxylic acids is 1. The number of amides is 1. The normalized spacial score (nSPS) is 11.5. The molecule has 0 heterocycles. The second-order valence-corrected chi connectivity index (χ2v) is 5.71. The van der Waals surface area contributed by atoms with Gasteiger partial charge in [0.05, 0.1) is 6.42 Å². The second kappa shape index (κ2) is 7.59. The van der Waals surface area contributed by atoms with Gasteiger partial charge in [-0.25, -0.2) is 9.18 Å². The van der Waals surface area contributed by atoms with Crippen molar-refractivity contribution in [1.82, 2.24) is 5.32 Å². The molecule has 0 saturated carbocycles. The van der Waals surface area contributed by atoms with Crippen LogP contribution in [0, 0.1) is 5.82 Å². The first kappa shape index (κ1) is 17.7. The largest absolute Gasteiger partial charge is 0.481 e. The summed E-state index contributed by atoms with van der Waals surface area (Å²) in [7, 11) is 0. The Morgan fingerprint density at radius 3 is 2.59 bits per heavy atom. The van der Waals surface area contributed by atoms with Crippen molar-refractivity contribution < 1.29 is 23.8 Å². The third-order valence-corrected chi connectivity index (χ3v) is 2.48. The number of benzene rings is 1. The molecule has 6 heteroatoms.